The minimum Gasteiger partial charge on any atom is -0.404 e. The van der Waals surface area contributed by atoms with Crippen LogP contribution in [0.5, 0.6) is 5.75 Å². The van der Waals surface area contributed by atoms with Crippen LogP contribution in [-0.2, 0) is 106 Å². The van der Waals surface area contributed by atoms with E-state index >= 15 is 0 Å². The average Bonchev–Trinajstić information content (AvgIpc) is 1.62. The molecule has 7 aliphatic rings. The van der Waals surface area contributed by atoms with Crippen molar-refractivity contribution in [2.75, 3.05) is 68.3 Å². The number of phosphoric acid groups is 6. The highest BCUT2D eigenvalue weighted by Gasteiger charge is 2.53. The number of nitrogens with one attached hydrogen (secondary N) is 5. The lowest BCUT2D eigenvalue weighted by atomic mass is 10.1. The number of aliphatic hydroxyl groups excluding tert-OH is 1. The molecule has 6 unspecified atom stereocenters. The largest absolute Gasteiger partial charge is 0.527 e. The smallest absolute Gasteiger partial charge is 0.404 e. The molecule has 0 amide bonds. The summed E-state index contributed by atoms with van der Waals surface area (Å²) in [5.41, 5.74) is 24.8. The number of benzene rings is 2. The molecule has 24 atom stereocenters. The predicted octanol–water partition coefficient (Wildman–Crippen LogP) is 0.133. The lowest BCUT2D eigenvalue weighted by Crippen LogP contribution is -2.33. The van der Waals surface area contributed by atoms with Crippen LogP contribution in [0.3, 0.4) is 0 Å². The summed E-state index contributed by atoms with van der Waals surface area (Å²) >= 11 is 0. The third-order valence-corrected chi connectivity index (χ3v) is 30.0. The number of hydrogen-bond acceptors (Lipinski definition) is 48. The van der Waals surface area contributed by atoms with E-state index in [9.17, 15) is 95.4 Å². The van der Waals surface area contributed by atoms with Gasteiger partial charge in [-0.05, 0) is 36.2 Å². The monoisotopic (exact) mass is 2130 g/mol. The first-order valence-corrected chi connectivity index (χ1v) is 51.8. The second-order valence-electron chi connectivity index (χ2n) is 33.4. The fourth-order valence-corrected chi connectivity index (χ4v) is 23.0. The van der Waals surface area contributed by atoms with Gasteiger partial charge in [-0.3, -0.25) is 136 Å². The Kier molecular flexibility index (Phi) is 26.5. The van der Waals surface area contributed by atoms with Gasteiger partial charge in [0.05, 0.1) is 77.4 Å². The number of imidazole rings is 5. The van der Waals surface area contributed by atoms with Crippen molar-refractivity contribution < 1.29 is 149 Å². The van der Waals surface area contributed by atoms with Crippen LogP contribution in [0.15, 0.2) is 115 Å². The number of aromatic amines is 5. The molecule has 144 heavy (non-hydrogen) atoms. The topological polar surface area (TPSA) is 910 Å². The van der Waals surface area contributed by atoms with E-state index in [1.54, 1.807) is 24.3 Å². The zero-order chi connectivity index (χ0) is 101. The molecule has 22 N–H and O–H groups in total. The number of ketones is 1. The molecule has 6 saturated heterocycles. The first-order chi connectivity index (χ1) is 68.4. The van der Waals surface area contributed by atoms with E-state index in [-0.39, 0.29) is 90.9 Å². The van der Waals surface area contributed by atoms with E-state index in [4.69, 9.17) is 111 Å². The molecule has 65 nitrogen and oxygen atoms in total. The van der Waals surface area contributed by atoms with Crippen molar-refractivity contribution in [3.05, 3.63) is 166 Å². The summed E-state index contributed by atoms with van der Waals surface area (Å²) in [6, 6.07) is 10.7. The minimum absolute atomic E-state index is 0.00699. The van der Waals surface area contributed by atoms with Crippen molar-refractivity contribution in [2.45, 2.75) is 156 Å². The summed E-state index contributed by atoms with van der Waals surface area (Å²) in [6.07, 6.45) is -23.6. The fourth-order valence-electron chi connectivity index (χ4n) is 17.4. The molecule has 6 aliphatic heterocycles. The highest BCUT2D eigenvalue weighted by atomic mass is 31.2. The van der Waals surface area contributed by atoms with E-state index in [1.165, 1.54) is 46.9 Å². The predicted molar refractivity (Wildman–Crippen MR) is 478 cm³/mol. The van der Waals surface area contributed by atoms with Gasteiger partial charge in [-0.1, -0.05) is 24.3 Å². The molecule has 0 bridgehead atoms. The van der Waals surface area contributed by atoms with Gasteiger partial charge in [0, 0.05) is 61.4 Å². The summed E-state index contributed by atoms with van der Waals surface area (Å²) in [4.78, 5) is 217. The number of nitrogens with two attached hydrogens (primary N) is 5. The van der Waals surface area contributed by atoms with E-state index in [1.807, 2.05) is 0 Å². The van der Waals surface area contributed by atoms with Gasteiger partial charge in [-0.25, -0.2) is 67.1 Å². The third-order valence-electron chi connectivity index (χ3n) is 24.0. The van der Waals surface area contributed by atoms with E-state index < -0.39 is 286 Å². The van der Waals surface area contributed by atoms with E-state index in [2.05, 4.69) is 79.7 Å². The van der Waals surface area contributed by atoms with Gasteiger partial charge < -0.3 is 91.2 Å². The molecule has 20 rings (SSSR count). The number of nitrogens with zero attached hydrogens (tertiary/aromatic N) is 17. The Morgan fingerprint density at radius 2 is 0.674 bits per heavy atom. The van der Waals surface area contributed by atoms with Crippen LogP contribution in [0.4, 0.5) is 29.6 Å². The number of anilines is 5. The third kappa shape index (κ3) is 20.5. The molecular weight excluding hydrogens is 2050 g/mol. The van der Waals surface area contributed by atoms with E-state index in [0.29, 0.717) is 16.7 Å². The van der Waals surface area contributed by atoms with Crippen molar-refractivity contribution in [1.82, 2.24) is 107 Å². The highest BCUT2D eigenvalue weighted by Crippen LogP contribution is 2.58. The van der Waals surface area contributed by atoms with Crippen LogP contribution in [-0.4, -0.2) is 260 Å². The zero-order valence-corrected chi connectivity index (χ0v) is 78.8. The van der Waals surface area contributed by atoms with Crippen LogP contribution in [0, 0.1) is 6.92 Å². The molecule has 0 radical (unpaired) electrons. The number of phosphoric ester groups is 6. The number of aliphatic hydroxyl groups is 1. The van der Waals surface area contributed by atoms with Crippen molar-refractivity contribution in [1.29, 1.82) is 0 Å². The van der Waals surface area contributed by atoms with Crippen LogP contribution in [0.2, 0.25) is 0 Å². The van der Waals surface area contributed by atoms with Crippen LogP contribution in [0.1, 0.15) is 97.4 Å². The number of nitrogen functional groups attached to an aromatic ring is 5. The number of carbonyl (C=O) groups is 1. The van der Waals surface area contributed by atoms with Crippen LogP contribution >= 0.6 is 46.9 Å². The van der Waals surface area contributed by atoms with Crippen molar-refractivity contribution in [3.63, 3.8) is 0 Å². The van der Waals surface area contributed by atoms with Gasteiger partial charge in [-0.15, -0.1) is 0 Å². The molecule has 2 aromatic carbocycles. The first-order valence-electron chi connectivity index (χ1n) is 42.9. The quantitative estimate of drug-likeness (QED) is 0.0232. The molecule has 1 aliphatic carbocycles. The Morgan fingerprint density at radius 3 is 1.05 bits per heavy atom. The van der Waals surface area contributed by atoms with Gasteiger partial charge in [0.25, 0.3) is 27.8 Å². The van der Waals surface area contributed by atoms with Crippen LogP contribution in [0.25, 0.3) is 66.9 Å². The molecular formula is C73H81N27O38P6. The number of aromatic nitrogens is 22. The molecule has 11 aromatic heterocycles. The average molecular weight is 2130 g/mol. The maximum absolute atomic E-state index is 14.8. The number of ether oxygens (including phenoxy) is 6. The normalized spacial score (nSPS) is 27.4. The van der Waals surface area contributed by atoms with Gasteiger partial charge in [0.2, 0.25) is 23.8 Å². The van der Waals surface area contributed by atoms with Gasteiger partial charge >= 0.3 is 52.6 Å². The number of carbonyl (C=O) groups excluding carboxylic acids is 1. The summed E-state index contributed by atoms with van der Waals surface area (Å²) in [5.74, 6) is -2.26. The van der Waals surface area contributed by atoms with E-state index in [0.717, 1.165) is 49.8 Å². The number of H-pyrrole nitrogens is 5. The number of hydrogen-bond donors (Lipinski definition) is 17. The molecule has 13 aromatic rings. The fraction of sp³-hybridized carbons (Fsp3) is 0.425. The lowest BCUT2D eigenvalue weighted by Gasteiger charge is -2.26. The maximum atomic E-state index is 14.8. The second kappa shape index (κ2) is 38.4. The Morgan fingerprint density at radius 1 is 0.361 bits per heavy atom. The SMILES string of the molecule is Cc1cn([C@H]2C[C@H](OP(=O)(O)OC[C@H]3O[C@@H](n4cnc5c(=O)[nH]c(N)nc54)C[C@@H]3OP(=O)(O)OC[C@H]3O[C@@H](n4cnc5c(=O)[nH]c(N)nc54)C[C@@H]3OP(=O)(O)OC[C@H]3O[C@@H](n4cnc5c(=O)[nH]c(N)nc54)C[C@@H]3OP(=O)(O)OC[C@H]3O[C@@H](n4cnc5c(N)ncnc54)C[C@@H]3OP(=O)(O)OC[C@H]3O[C@@H](n4cnc5c(=O)[nH]c(N)nc54)C[C@@H]3O)[C@@H](COP(=O)(O)Oc3ccc4c(c3)C(=O)c3ccccc3-4)O2)c(=O)[nH]c1=O. The summed E-state index contributed by atoms with van der Waals surface area (Å²) < 4.78 is 197. The van der Waals surface area contributed by atoms with Gasteiger partial charge in [-0.2, -0.15) is 19.9 Å². The maximum Gasteiger partial charge on any atom is 0.527 e. The zero-order valence-electron chi connectivity index (χ0n) is 73.4. The van der Waals surface area contributed by atoms with Crippen LogP contribution < -0.4 is 66.7 Å². The Labute approximate surface area is 798 Å². The standard InChI is InChI=1S/C73H81N27O38P6/c1-28-15-95(73(108)94-64(28)103)47-10-35(41(128-47)17-122-139(109,110)133-29-6-7-31-30-4-2-3-5-32(30)57(102)33(31)8-29)134-141(113,114)124-19-43-37(12-49(130-43)98-25-83-54-61(98)87-70(76)91-66(54)105)137-143(117,118)126-21-45-39(14-51(132-45)100-27-85-56-63(100)89-72(78)93-68(56)107)138-144(119,120)125-20-44-38(13-50(131-44)99-26-84-55-62(99)88-71(77)92-67(55)106)136-142(115,116)123-18-42-36(11-48(129-42)96-23-81-52-58(74)79-22-80-59(52)96)135-140(111,112)121-16-40-34(101)9-46(127-40)97-24-82-53-60(97)86-69(75)90-65(53)104/h2-8,15,22-27,34-51,101H,9-14,16-21H2,1H3,(H,109,110)(H,111,112)(H,113,114)(H,115,116)(H,117,118)(H,119,120)(H2,74,79,80)(H,94,103,108)(H3,75,86,90,104)(H3,76,87,91,105)(H3,77,88,92,106)(H3,78,89,93,107)/t34-,35-,36-,37-,38-,39-,40+,41+,42+,43+,44+,45+,46+,47+,48+,49+,50+,51+/m0/s1. The van der Waals surface area contributed by atoms with Crippen molar-refractivity contribution >= 4 is 138 Å². The van der Waals surface area contributed by atoms with Crippen molar-refractivity contribution in [2.24, 2.45) is 0 Å². The molecule has 0 saturated carbocycles. The number of aryl methyl sites for hydroxylation is 1. The highest BCUT2D eigenvalue weighted by molar-refractivity contribution is 7.48. The number of fused-ring (bicyclic) bond motifs is 8. The molecule has 766 valence electrons. The lowest BCUT2D eigenvalue weighted by molar-refractivity contribution is -0.0638. The Bertz CT molecular complexity index is 7970. The Hall–Kier alpha value is -12.0. The van der Waals surface area contributed by atoms with Crippen molar-refractivity contribution in [3.8, 4) is 16.9 Å². The summed E-state index contributed by atoms with van der Waals surface area (Å²) in [6.45, 7) is -5.01. The molecule has 71 heteroatoms. The second-order valence-corrected chi connectivity index (χ2v) is 41.8. The molecule has 0 spiro atoms. The summed E-state index contributed by atoms with van der Waals surface area (Å²) in [5, 5.41) is 11.1. The first kappa shape index (κ1) is 99.3. The van der Waals surface area contributed by atoms with Gasteiger partial charge in [0.1, 0.15) is 122 Å². The summed E-state index contributed by atoms with van der Waals surface area (Å²) in [7, 11) is -33.3. The number of rotatable bonds is 36. The Balaban J connectivity index is 0.529. The minimum atomic E-state index is -5.74. The van der Waals surface area contributed by atoms with Gasteiger partial charge in [0.15, 0.2) is 61.9 Å². The molecule has 6 fully saturated rings. The molecule has 17 heterocycles.